The molecule has 0 aliphatic rings. The van der Waals surface area contributed by atoms with Gasteiger partial charge >= 0.3 is 0 Å². The van der Waals surface area contributed by atoms with E-state index in [1.807, 2.05) is 0 Å². The van der Waals surface area contributed by atoms with Crippen molar-refractivity contribution in [1.82, 2.24) is 0 Å². The van der Waals surface area contributed by atoms with E-state index in [9.17, 15) is 8.78 Å². The van der Waals surface area contributed by atoms with Gasteiger partial charge in [-0.3, -0.25) is 0 Å². The quantitative estimate of drug-likeness (QED) is 0.736. The molecule has 2 nitrogen and oxygen atoms in total. The third-order valence-electron chi connectivity index (χ3n) is 2.29. The third-order valence-corrected chi connectivity index (χ3v) is 3.39. The molecule has 0 aliphatic heterocycles. The van der Waals surface area contributed by atoms with E-state index in [-0.39, 0.29) is 10.2 Å². The standard InChI is InChI=1S/C12H8Br2F2N2/c13-6-1-2-8(15)11(3-6)18-12-5-9(16)7(14)4-10(12)17/h1-5,18H,17H2. The van der Waals surface area contributed by atoms with Gasteiger partial charge < -0.3 is 11.1 Å². The van der Waals surface area contributed by atoms with Gasteiger partial charge in [0.05, 0.1) is 21.5 Å². The zero-order chi connectivity index (χ0) is 13.3. The number of benzene rings is 2. The predicted molar refractivity (Wildman–Crippen MR) is 75.9 cm³/mol. The number of nitrogen functional groups attached to an aromatic ring is 1. The number of halogens is 4. The fraction of sp³-hybridized carbons (Fsp3) is 0. The molecule has 6 heteroatoms. The Balaban J connectivity index is 2.40. The van der Waals surface area contributed by atoms with Crippen LogP contribution in [0, 0.1) is 11.6 Å². The smallest absolute Gasteiger partial charge is 0.146 e. The van der Waals surface area contributed by atoms with Crippen molar-refractivity contribution in [2.24, 2.45) is 0 Å². The number of rotatable bonds is 2. The molecule has 0 aliphatic carbocycles. The third kappa shape index (κ3) is 2.81. The second kappa shape index (κ2) is 5.24. The van der Waals surface area contributed by atoms with Crippen molar-refractivity contribution in [1.29, 1.82) is 0 Å². The Kier molecular flexibility index (Phi) is 3.87. The number of nitrogens with two attached hydrogens (primary N) is 1. The van der Waals surface area contributed by atoms with Gasteiger partial charge in [0.25, 0.3) is 0 Å². The molecule has 2 aromatic rings. The fourth-order valence-corrected chi connectivity index (χ4v) is 2.13. The van der Waals surface area contributed by atoms with Gasteiger partial charge in [0.2, 0.25) is 0 Å². The van der Waals surface area contributed by atoms with Crippen LogP contribution in [-0.2, 0) is 0 Å². The molecule has 0 radical (unpaired) electrons. The molecule has 0 amide bonds. The largest absolute Gasteiger partial charge is 0.397 e. The van der Waals surface area contributed by atoms with Crippen LogP contribution in [0.25, 0.3) is 0 Å². The number of nitrogens with one attached hydrogen (secondary N) is 1. The molecule has 2 rings (SSSR count). The predicted octanol–water partition coefficient (Wildman–Crippen LogP) is 4.82. The number of hydrogen-bond acceptors (Lipinski definition) is 2. The van der Waals surface area contributed by atoms with Crippen LogP contribution in [0.4, 0.5) is 25.8 Å². The van der Waals surface area contributed by atoms with Gasteiger partial charge in [0.15, 0.2) is 0 Å². The van der Waals surface area contributed by atoms with Crippen LogP contribution in [0.3, 0.4) is 0 Å². The maximum atomic E-state index is 13.5. The van der Waals surface area contributed by atoms with Gasteiger partial charge in [0.1, 0.15) is 11.6 Å². The van der Waals surface area contributed by atoms with E-state index in [1.54, 1.807) is 12.1 Å². The first-order chi connectivity index (χ1) is 8.47. The molecule has 0 atom stereocenters. The summed E-state index contributed by atoms with van der Waals surface area (Å²) in [7, 11) is 0. The van der Waals surface area contributed by atoms with E-state index in [2.05, 4.69) is 37.2 Å². The second-order valence-corrected chi connectivity index (χ2v) is 5.37. The molecule has 0 fully saturated rings. The molecule has 0 saturated carbocycles. The van der Waals surface area contributed by atoms with Crippen LogP contribution in [0.1, 0.15) is 0 Å². The topological polar surface area (TPSA) is 38.0 Å². The van der Waals surface area contributed by atoms with Crippen LogP contribution in [0.15, 0.2) is 39.3 Å². The molecule has 0 spiro atoms. The molecule has 18 heavy (non-hydrogen) atoms. The van der Waals surface area contributed by atoms with E-state index >= 15 is 0 Å². The van der Waals surface area contributed by atoms with E-state index in [1.165, 1.54) is 18.2 Å². The summed E-state index contributed by atoms with van der Waals surface area (Å²) in [6.45, 7) is 0. The number of hydrogen-bond donors (Lipinski definition) is 2. The van der Waals surface area contributed by atoms with Crippen LogP contribution in [0.5, 0.6) is 0 Å². The highest BCUT2D eigenvalue weighted by atomic mass is 79.9. The summed E-state index contributed by atoms with van der Waals surface area (Å²) in [4.78, 5) is 0. The van der Waals surface area contributed by atoms with Crippen LogP contribution in [0.2, 0.25) is 0 Å². The minimum absolute atomic E-state index is 0.220. The van der Waals surface area contributed by atoms with E-state index in [0.29, 0.717) is 15.8 Å². The van der Waals surface area contributed by atoms with Crippen molar-refractivity contribution in [3.63, 3.8) is 0 Å². The van der Waals surface area contributed by atoms with Crippen molar-refractivity contribution >= 4 is 48.9 Å². The second-order valence-electron chi connectivity index (χ2n) is 3.60. The van der Waals surface area contributed by atoms with E-state index in [0.717, 1.165) is 0 Å². The summed E-state index contributed by atoms with van der Waals surface area (Å²) >= 11 is 6.26. The number of anilines is 3. The molecule has 0 unspecified atom stereocenters. The maximum absolute atomic E-state index is 13.5. The first-order valence-electron chi connectivity index (χ1n) is 4.94. The van der Waals surface area contributed by atoms with Crippen LogP contribution < -0.4 is 11.1 Å². The monoisotopic (exact) mass is 376 g/mol. The highest BCUT2D eigenvalue weighted by Crippen LogP contribution is 2.30. The van der Waals surface area contributed by atoms with Crippen LogP contribution in [-0.4, -0.2) is 0 Å². The Labute approximate surface area is 119 Å². The lowest BCUT2D eigenvalue weighted by Gasteiger charge is -2.11. The van der Waals surface area contributed by atoms with Crippen molar-refractivity contribution in [2.45, 2.75) is 0 Å². The first-order valence-corrected chi connectivity index (χ1v) is 6.52. The zero-order valence-corrected chi connectivity index (χ0v) is 12.1. The molecular formula is C12H8Br2F2N2. The van der Waals surface area contributed by atoms with Gasteiger partial charge in [-0.15, -0.1) is 0 Å². The van der Waals surface area contributed by atoms with Crippen molar-refractivity contribution in [3.05, 3.63) is 50.9 Å². The molecular weight excluding hydrogens is 370 g/mol. The fourth-order valence-electron chi connectivity index (χ4n) is 1.41. The average molecular weight is 378 g/mol. The molecule has 0 heterocycles. The lowest BCUT2D eigenvalue weighted by Crippen LogP contribution is -1.99. The highest BCUT2D eigenvalue weighted by molar-refractivity contribution is 9.10. The van der Waals surface area contributed by atoms with Crippen molar-refractivity contribution < 1.29 is 8.78 Å². The first kappa shape index (κ1) is 13.3. The van der Waals surface area contributed by atoms with E-state index in [4.69, 9.17) is 5.73 Å². The van der Waals surface area contributed by atoms with Gasteiger partial charge in [-0.2, -0.15) is 0 Å². The van der Waals surface area contributed by atoms with Gasteiger partial charge in [-0.1, -0.05) is 15.9 Å². The maximum Gasteiger partial charge on any atom is 0.146 e. The Morgan fingerprint density at radius 1 is 0.944 bits per heavy atom. The lowest BCUT2D eigenvalue weighted by atomic mass is 10.2. The summed E-state index contributed by atoms with van der Waals surface area (Å²) in [5.74, 6) is -0.914. The zero-order valence-electron chi connectivity index (χ0n) is 8.98. The van der Waals surface area contributed by atoms with Gasteiger partial charge in [-0.05, 0) is 40.2 Å². The Bertz CT molecular complexity index is 603. The van der Waals surface area contributed by atoms with Crippen molar-refractivity contribution in [2.75, 3.05) is 11.1 Å². The molecule has 0 aromatic heterocycles. The minimum Gasteiger partial charge on any atom is -0.397 e. The Hall–Kier alpha value is -1.14. The molecule has 94 valence electrons. The SMILES string of the molecule is Nc1cc(Br)c(F)cc1Nc1cc(Br)ccc1F. The summed E-state index contributed by atoms with van der Waals surface area (Å²) in [6, 6.07) is 7.06. The highest BCUT2D eigenvalue weighted by Gasteiger charge is 2.09. The summed E-state index contributed by atoms with van der Waals surface area (Å²) < 4.78 is 27.9. The minimum atomic E-state index is -0.470. The van der Waals surface area contributed by atoms with Crippen LogP contribution >= 0.6 is 31.9 Å². The van der Waals surface area contributed by atoms with Crippen molar-refractivity contribution in [3.8, 4) is 0 Å². The Morgan fingerprint density at radius 2 is 1.67 bits per heavy atom. The lowest BCUT2D eigenvalue weighted by molar-refractivity contribution is 0.621. The molecule has 3 N–H and O–H groups in total. The molecule has 0 bridgehead atoms. The summed E-state index contributed by atoms with van der Waals surface area (Å²) in [6.07, 6.45) is 0. The van der Waals surface area contributed by atoms with E-state index < -0.39 is 11.6 Å². The summed E-state index contributed by atoms with van der Waals surface area (Å²) in [5.41, 5.74) is 6.59. The van der Waals surface area contributed by atoms with Gasteiger partial charge in [-0.25, -0.2) is 8.78 Å². The molecule has 2 aromatic carbocycles. The normalized spacial score (nSPS) is 10.4. The molecule has 0 saturated heterocycles. The Morgan fingerprint density at radius 3 is 2.39 bits per heavy atom. The summed E-state index contributed by atoms with van der Waals surface area (Å²) in [5, 5.41) is 2.76. The average Bonchev–Trinajstić information content (AvgIpc) is 2.30. The van der Waals surface area contributed by atoms with Gasteiger partial charge in [0, 0.05) is 10.5 Å².